The Morgan fingerprint density at radius 3 is 2.50 bits per heavy atom. The molecule has 0 fully saturated rings. The molecular weight excluding hydrogens is 361 g/mol. The first-order valence-electron chi connectivity index (χ1n) is 9.00. The van der Waals surface area contributed by atoms with E-state index in [9.17, 15) is 14.0 Å². The largest absolute Gasteiger partial charge is 0.352 e. The molecule has 0 radical (unpaired) electrons. The Morgan fingerprint density at radius 1 is 1.14 bits per heavy atom. The van der Waals surface area contributed by atoms with Gasteiger partial charge >= 0.3 is 0 Å². The van der Waals surface area contributed by atoms with Crippen molar-refractivity contribution in [3.63, 3.8) is 0 Å². The van der Waals surface area contributed by atoms with Gasteiger partial charge < -0.3 is 5.32 Å². The Morgan fingerprint density at radius 2 is 1.86 bits per heavy atom. The van der Waals surface area contributed by atoms with Crippen LogP contribution in [-0.2, 0) is 11.3 Å². The Balaban J connectivity index is 1.70. The van der Waals surface area contributed by atoms with Crippen LogP contribution in [0.25, 0.3) is 11.3 Å². The summed E-state index contributed by atoms with van der Waals surface area (Å²) in [4.78, 5) is 24.7. The molecule has 0 bridgehead atoms. The first-order valence-corrected chi connectivity index (χ1v) is 9.00. The number of amides is 1. The van der Waals surface area contributed by atoms with Gasteiger partial charge in [0.15, 0.2) is 0 Å². The molecule has 8 heteroatoms. The second-order valence-corrected chi connectivity index (χ2v) is 6.63. The number of aromatic nitrogens is 4. The lowest BCUT2D eigenvalue weighted by Crippen LogP contribution is -2.38. The van der Waals surface area contributed by atoms with Crippen LogP contribution in [-0.4, -0.2) is 32.0 Å². The number of nitrogens with zero attached hydrogens (tertiary/aromatic N) is 4. The summed E-state index contributed by atoms with van der Waals surface area (Å²) in [5, 5.41) is 11.4. The van der Waals surface area contributed by atoms with Crippen molar-refractivity contribution in [3.8, 4) is 11.3 Å². The van der Waals surface area contributed by atoms with Crippen LogP contribution in [0.1, 0.15) is 24.4 Å². The predicted octanol–water partition coefficient (Wildman–Crippen LogP) is 2.24. The average Bonchev–Trinajstić information content (AvgIpc) is 2.99. The lowest BCUT2D eigenvalue weighted by atomic mass is 10.1. The number of carbonyl (C=O) groups is 1. The molecule has 1 aromatic carbocycles. The van der Waals surface area contributed by atoms with Crippen LogP contribution in [0.4, 0.5) is 4.39 Å². The van der Waals surface area contributed by atoms with E-state index in [0.29, 0.717) is 24.3 Å². The molecule has 0 aliphatic heterocycles. The number of halogens is 1. The Labute approximate surface area is 161 Å². The fourth-order valence-electron chi connectivity index (χ4n) is 2.92. The molecule has 0 spiro atoms. The van der Waals surface area contributed by atoms with Crippen LogP contribution in [0.5, 0.6) is 0 Å². The van der Waals surface area contributed by atoms with Crippen molar-refractivity contribution >= 4 is 5.91 Å². The third-order valence-electron chi connectivity index (χ3n) is 4.44. The molecule has 1 N–H and O–H groups in total. The standard InChI is InChI=1S/C20H22FN5O2/c1-13-12-14(2)25(23-13)11-10-22-20(28)15(3)26-19(27)9-8-18(24-26)16-4-6-17(21)7-5-16/h4-9,12,15H,10-11H2,1-3H3,(H,22,28). The van der Waals surface area contributed by atoms with Crippen molar-refractivity contribution in [1.29, 1.82) is 0 Å². The lowest BCUT2D eigenvalue weighted by molar-refractivity contribution is -0.124. The van der Waals surface area contributed by atoms with Gasteiger partial charge in [-0.3, -0.25) is 14.3 Å². The third kappa shape index (κ3) is 4.33. The van der Waals surface area contributed by atoms with Gasteiger partial charge in [-0.05, 0) is 57.2 Å². The number of benzene rings is 1. The van der Waals surface area contributed by atoms with Gasteiger partial charge in [-0.1, -0.05) is 0 Å². The van der Waals surface area contributed by atoms with E-state index < -0.39 is 6.04 Å². The second kappa shape index (κ2) is 8.16. The van der Waals surface area contributed by atoms with Gasteiger partial charge in [0.05, 0.1) is 17.9 Å². The second-order valence-electron chi connectivity index (χ2n) is 6.63. The van der Waals surface area contributed by atoms with E-state index in [-0.39, 0.29) is 17.3 Å². The summed E-state index contributed by atoms with van der Waals surface area (Å²) in [7, 11) is 0. The van der Waals surface area contributed by atoms with Crippen LogP contribution in [0, 0.1) is 19.7 Å². The number of hydrogen-bond donors (Lipinski definition) is 1. The maximum Gasteiger partial charge on any atom is 0.267 e. The lowest BCUT2D eigenvalue weighted by Gasteiger charge is -2.15. The molecule has 3 rings (SSSR count). The summed E-state index contributed by atoms with van der Waals surface area (Å²) in [6.07, 6.45) is 0. The molecule has 0 saturated carbocycles. The minimum atomic E-state index is -0.784. The molecule has 0 saturated heterocycles. The summed E-state index contributed by atoms with van der Waals surface area (Å²) in [6, 6.07) is 9.88. The minimum absolute atomic E-state index is 0.313. The molecule has 1 unspecified atom stereocenters. The highest BCUT2D eigenvalue weighted by atomic mass is 19.1. The average molecular weight is 383 g/mol. The first kappa shape index (κ1) is 19.5. The van der Waals surface area contributed by atoms with E-state index in [1.807, 2.05) is 24.6 Å². The van der Waals surface area contributed by atoms with Crippen LogP contribution in [0.15, 0.2) is 47.3 Å². The summed E-state index contributed by atoms with van der Waals surface area (Å²) < 4.78 is 16.1. The van der Waals surface area contributed by atoms with Crippen molar-refractivity contribution < 1.29 is 9.18 Å². The SMILES string of the molecule is Cc1cc(C)n(CCNC(=O)C(C)n2nc(-c3ccc(F)cc3)ccc2=O)n1. The minimum Gasteiger partial charge on any atom is -0.352 e. The van der Waals surface area contributed by atoms with Crippen LogP contribution in [0.3, 0.4) is 0 Å². The van der Waals surface area contributed by atoms with Crippen molar-refractivity contribution in [2.24, 2.45) is 0 Å². The number of rotatable bonds is 6. The molecule has 146 valence electrons. The van der Waals surface area contributed by atoms with E-state index >= 15 is 0 Å². The van der Waals surface area contributed by atoms with E-state index in [1.54, 1.807) is 25.1 Å². The molecule has 7 nitrogen and oxygen atoms in total. The summed E-state index contributed by atoms with van der Waals surface area (Å²) >= 11 is 0. The molecule has 0 aliphatic carbocycles. The van der Waals surface area contributed by atoms with Gasteiger partial charge in [-0.25, -0.2) is 9.07 Å². The number of hydrogen-bond acceptors (Lipinski definition) is 4. The van der Waals surface area contributed by atoms with Gasteiger partial charge in [0.25, 0.3) is 5.56 Å². The fourth-order valence-corrected chi connectivity index (χ4v) is 2.92. The van der Waals surface area contributed by atoms with Crippen molar-refractivity contribution in [2.45, 2.75) is 33.4 Å². The van der Waals surface area contributed by atoms with E-state index in [0.717, 1.165) is 16.1 Å². The van der Waals surface area contributed by atoms with Crippen molar-refractivity contribution in [3.05, 3.63) is 70.0 Å². The molecule has 2 heterocycles. The molecule has 28 heavy (non-hydrogen) atoms. The van der Waals surface area contributed by atoms with Gasteiger partial charge in [0, 0.05) is 23.9 Å². The Bertz CT molecular complexity index is 1040. The molecule has 1 amide bonds. The predicted molar refractivity (Wildman–Crippen MR) is 103 cm³/mol. The third-order valence-corrected chi connectivity index (χ3v) is 4.44. The first-order chi connectivity index (χ1) is 13.3. The van der Waals surface area contributed by atoms with E-state index in [4.69, 9.17) is 0 Å². The number of nitrogens with one attached hydrogen (secondary N) is 1. The smallest absolute Gasteiger partial charge is 0.267 e. The van der Waals surface area contributed by atoms with Gasteiger partial charge in [-0.2, -0.15) is 10.2 Å². The van der Waals surface area contributed by atoms with Gasteiger partial charge in [0.2, 0.25) is 5.91 Å². The highest BCUT2D eigenvalue weighted by molar-refractivity contribution is 5.79. The highest BCUT2D eigenvalue weighted by Crippen LogP contribution is 2.16. The molecule has 2 aromatic heterocycles. The zero-order valence-corrected chi connectivity index (χ0v) is 16.0. The van der Waals surface area contributed by atoms with Crippen LogP contribution < -0.4 is 10.9 Å². The highest BCUT2D eigenvalue weighted by Gasteiger charge is 2.18. The summed E-state index contributed by atoms with van der Waals surface area (Å²) in [5.74, 6) is -0.667. The van der Waals surface area contributed by atoms with Gasteiger partial charge in [0.1, 0.15) is 11.9 Å². The van der Waals surface area contributed by atoms with E-state index in [1.165, 1.54) is 18.2 Å². The normalized spacial score (nSPS) is 12.0. The van der Waals surface area contributed by atoms with Crippen LogP contribution >= 0.6 is 0 Å². The topological polar surface area (TPSA) is 81.8 Å². The van der Waals surface area contributed by atoms with Crippen molar-refractivity contribution in [1.82, 2.24) is 24.9 Å². The number of aryl methyl sites for hydroxylation is 2. The van der Waals surface area contributed by atoms with E-state index in [2.05, 4.69) is 15.5 Å². The monoisotopic (exact) mass is 383 g/mol. The Hall–Kier alpha value is -3.29. The maximum absolute atomic E-state index is 13.1. The molecule has 1 atom stereocenters. The zero-order chi connectivity index (χ0) is 20.3. The summed E-state index contributed by atoms with van der Waals surface area (Å²) in [6.45, 7) is 6.40. The number of carbonyl (C=O) groups excluding carboxylic acids is 1. The zero-order valence-electron chi connectivity index (χ0n) is 16.0. The fraction of sp³-hybridized carbons (Fsp3) is 0.300. The maximum atomic E-state index is 13.1. The van der Waals surface area contributed by atoms with Crippen molar-refractivity contribution in [2.75, 3.05) is 6.54 Å². The Kier molecular flexibility index (Phi) is 5.67. The molecule has 3 aromatic rings. The molecular formula is C20H22FN5O2. The quantitative estimate of drug-likeness (QED) is 0.708. The van der Waals surface area contributed by atoms with Gasteiger partial charge in [-0.15, -0.1) is 0 Å². The molecule has 0 aliphatic rings. The van der Waals surface area contributed by atoms with Crippen LogP contribution in [0.2, 0.25) is 0 Å². The summed E-state index contributed by atoms with van der Waals surface area (Å²) in [5.41, 5.74) is 2.71.